The van der Waals surface area contributed by atoms with Crippen LogP contribution in [0.1, 0.15) is 38.3 Å². The van der Waals surface area contributed by atoms with Gasteiger partial charge in [0.2, 0.25) is 0 Å². The molecule has 0 bridgehead atoms. The first-order valence-electron chi connectivity index (χ1n) is 12.4. The highest BCUT2D eigenvalue weighted by molar-refractivity contribution is 5.99. The molecule has 0 aliphatic rings. The number of benzene rings is 4. The lowest BCUT2D eigenvalue weighted by Gasteiger charge is -2.12. The molecule has 0 atom stereocenters. The van der Waals surface area contributed by atoms with Gasteiger partial charge in [-0.05, 0) is 83.6 Å². The van der Waals surface area contributed by atoms with E-state index in [-0.39, 0.29) is 5.91 Å². The van der Waals surface area contributed by atoms with Crippen LogP contribution in [0.2, 0.25) is 0 Å². The summed E-state index contributed by atoms with van der Waals surface area (Å²) < 4.78 is 2.29. The van der Waals surface area contributed by atoms with Crippen molar-refractivity contribution in [3.8, 4) is 11.1 Å². The van der Waals surface area contributed by atoms with Crippen LogP contribution in [0.25, 0.3) is 22.0 Å². The summed E-state index contributed by atoms with van der Waals surface area (Å²) in [6, 6.07) is 29.9. The van der Waals surface area contributed by atoms with E-state index in [0.29, 0.717) is 17.8 Å². The highest BCUT2D eigenvalue weighted by atomic mass is 16.3. The molecule has 1 N–H and O–H groups in total. The number of hydrogen-bond acceptors (Lipinski definition) is 3. The van der Waals surface area contributed by atoms with E-state index < -0.39 is 0 Å². The number of amides is 1. The molecular weight excluding hydrogens is 458 g/mol. The van der Waals surface area contributed by atoms with Gasteiger partial charge in [0.1, 0.15) is 5.69 Å². The van der Waals surface area contributed by atoms with E-state index in [2.05, 4.69) is 84.4 Å². The summed E-state index contributed by atoms with van der Waals surface area (Å²) in [6.45, 7) is 7.51. The summed E-state index contributed by atoms with van der Waals surface area (Å²) in [5.41, 5.74) is 10.3. The number of fused-ring (bicyclic) bond motifs is 1. The van der Waals surface area contributed by atoms with Crippen molar-refractivity contribution in [2.24, 2.45) is 5.18 Å². The molecule has 1 aromatic heterocycles. The van der Waals surface area contributed by atoms with E-state index in [0.717, 1.165) is 23.0 Å². The lowest BCUT2D eigenvalue weighted by atomic mass is 9.99. The van der Waals surface area contributed by atoms with Crippen molar-refractivity contribution in [3.63, 3.8) is 0 Å². The Morgan fingerprint density at radius 2 is 1.54 bits per heavy atom. The number of nitrogens with one attached hydrogen (secondary N) is 1. The van der Waals surface area contributed by atoms with E-state index in [1.165, 1.54) is 33.5 Å². The number of nitroso groups, excluding NO2 is 1. The number of carbonyl (C=O) groups excluding carboxylic acids is 1. The van der Waals surface area contributed by atoms with Crippen LogP contribution in [0, 0.1) is 25.7 Å². The Morgan fingerprint density at radius 3 is 2.24 bits per heavy atom. The number of aryl methyl sites for hydroxylation is 2. The number of nitrogens with zero attached hydrogens (tertiary/aromatic N) is 2. The number of carbonyl (C=O) groups is 1. The van der Waals surface area contributed by atoms with E-state index in [1.54, 1.807) is 24.3 Å². The van der Waals surface area contributed by atoms with Crippen molar-refractivity contribution in [1.82, 2.24) is 9.88 Å². The first-order chi connectivity index (χ1) is 17.9. The standard InChI is InChI=1S/C32H29N3O2/c1-21-6-4-5-7-29(21)26-12-8-25(9-13-26)20-35-23(3)22(2)30-17-14-27(18-31(30)35)32(36)33-19-24-10-15-28(34-37)16-11-24/h4-18H,19-20H2,1-3H3,(H,33,36). The molecule has 1 heterocycles. The highest BCUT2D eigenvalue weighted by Crippen LogP contribution is 2.28. The van der Waals surface area contributed by atoms with Crippen molar-refractivity contribution in [2.45, 2.75) is 33.9 Å². The van der Waals surface area contributed by atoms with E-state index in [4.69, 9.17) is 0 Å². The minimum atomic E-state index is -0.134. The largest absolute Gasteiger partial charge is 0.348 e. The van der Waals surface area contributed by atoms with Crippen LogP contribution in [-0.4, -0.2) is 10.5 Å². The molecular formula is C32H29N3O2. The van der Waals surface area contributed by atoms with Gasteiger partial charge >= 0.3 is 0 Å². The average molecular weight is 488 g/mol. The van der Waals surface area contributed by atoms with Gasteiger partial charge in [-0.25, -0.2) is 0 Å². The molecule has 4 aromatic carbocycles. The van der Waals surface area contributed by atoms with Crippen molar-refractivity contribution >= 4 is 22.5 Å². The quantitative estimate of drug-likeness (QED) is 0.240. The van der Waals surface area contributed by atoms with Gasteiger partial charge in [-0.3, -0.25) is 4.79 Å². The van der Waals surface area contributed by atoms with Crippen molar-refractivity contribution in [3.05, 3.63) is 129 Å². The second-order valence-corrected chi connectivity index (χ2v) is 9.48. The molecule has 0 saturated heterocycles. The third-order valence-corrected chi connectivity index (χ3v) is 7.15. The van der Waals surface area contributed by atoms with Gasteiger partial charge in [0.05, 0.1) is 0 Å². The molecule has 5 nitrogen and oxygen atoms in total. The van der Waals surface area contributed by atoms with Gasteiger partial charge in [0.25, 0.3) is 5.91 Å². The molecule has 5 heteroatoms. The lowest BCUT2D eigenvalue weighted by Crippen LogP contribution is -2.22. The molecule has 184 valence electrons. The van der Waals surface area contributed by atoms with Gasteiger partial charge in [0, 0.05) is 35.2 Å². The van der Waals surface area contributed by atoms with Crippen molar-refractivity contribution in [2.75, 3.05) is 0 Å². The Kier molecular flexibility index (Phi) is 6.69. The first-order valence-corrected chi connectivity index (χ1v) is 12.4. The zero-order valence-corrected chi connectivity index (χ0v) is 21.3. The number of aromatic nitrogens is 1. The normalized spacial score (nSPS) is 11.0. The second kappa shape index (κ2) is 10.2. The van der Waals surface area contributed by atoms with Crippen LogP contribution >= 0.6 is 0 Å². The third kappa shape index (κ3) is 4.94. The second-order valence-electron chi connectivity index (χ2n) is 9.48. The smallest absolute Gasteiger partial charge is 0.251 e. The summed E-state index contributed by atoms with van der Waals surface area (Å²) in [6.07, 6.45) is 0. The van der Waals surface area contributed by atoms with Gasteiger partial charge in [-0.2, -0.15) is 0 Å². The first kappa shape index (κ1) is 24.2. The SMILES string of the molecule is Cc1ccccc1-c1ccc(Cn2c(C)c(C)c3ccc(C(=O)NCc4ccc(N=O)cc4)cc32)cc1. The predicted molar refractivity (Wildman–Crippen MR) is 150 cm³/mol. The molecule has 5 rings (SSSR count). The van der Waals surface area contributed by atoms with Crippen LogP contribution in [0.15, 0.2) is 96.2 Å². The molecule has 0 unspecified atom stereocenters. The Bertz CT molecular complexity index is 1600. The van der Waals surface area contributed by atoms with Crippen LogP contribution < -0.4 is 5.32 Å². The fourth-order valence-corrected chi connectivity index (χ4v) is 4.82. The van der Waals surface area contributed by atoms with Crippen LogP contribution in [0.5, 0.6) is 0 Å². The van der Waals surface area contributed by atoms with Gasteiger partial charge in [0.15, 0.2) is 0 Å². The fourth-order valence-electron chi connectivity index (χ4n) is 4.82. The molecule has 0 aliphatic carbocycles. The summed E-state index contributed by atoms with van der Waals surface area (Å²) in [4.78, 5) is 23.6. The van der Waals surface area contributed by atoms with Crippen LogP contribution in [0.4, 0.5) is 5.69 Å². The fraction of sp³-hybridized carbons (Fsp3) is 0.156. The lowest BCUT2D eigenvalue weighted by molar-refractivity contribution is 0.0951. The Balaban J connectivity index is 1.38. The average Bonchev–Trinajstić information content (AvgIpc) is 3.17. The van der Waals surface area contributed by atoms with Gasteiger partial charge < -0.3 is 9.88 Å². The molecule has 5 aromatic rings. The van der Waals surface area contributed by atoms with Crippen molar-refractivity contribution in [1.29, 1.82) is 0 Å². The Hall–Kier alpha value is -4.51. The molecule has 0 saturated carbocycles. The third-order valence-electron chi connectivity index (χ3n) is 7.15. The maximum absolute atomic E-state index is 13.0. The maximum Gasteiger partial charge on any atom is 0.251 e. The summed E-state index contributed by atoms with van der Waals surface area (Å²) in [7, 11) is 0. The van der Waals surface area contributed by atoms with Crippen LogP contribution in [0.3, 0.4) is 0 Å². The summed E-state index contributed by atoms with van der Waals surface area (Å²) in [5.74, 6) is -0.134. The number of rotatable bonds is 7. The Labute approximate surface area is 216 Å². The van der Waals surface area contributed by atoms with E-state index in [1.807, 2.05) is 18.2 Å². The Morgan fingerprint density at radius 1 is 0.838 bits per heavy atom. The maximum atomic E-state index is 13.0. The zero-order chi connectivity index (χ0) is 25.9. The molecule has 37 heavy (non-hydrogen) atoms. The van der Waals surface area contributed by atoms with Gasteiger partial charge in [-0.1, -0.05) is 66.7 Å². The zero-order valence-electron chi connectivity index (χ0n) is 21.3. The topological polar surface area (TPSA) is 63.5 Å². The molecule has 0 spiro atoms. The van der Waals surface area contributed by atoms with Gasteiger partial charge in [-0.15, -0.1) is 4.91 Å². The number of hydrogen-bond donors (Lipinski definition) is 1. The van der Waals surface area contributed by atoms with Crippen molar-refractivity contribution < 1.29 is 4.79 Å². The summed E-state index contributed by atoms with van der Waals surface area (Å²) in [5, 5.41) is 7.04. The summed E-state index contributed by atoms with van der Waals surface area (Å²) >= 11 is 0. The molecule has 0 aliphatic heterocycles. The minimum Gasteiger partial charge on any atom is -0.348 e. The predicted octanol–water partition coefficient (Wildman–Crippen LogP) is 7.61. The monoisotopic (exact) mass is 487 g/mol. The highest BCUT2D eigenvalue weighted by Gasteiger charge is 2.15. The molecule has 0 radical (unpaired) electrons. The molecule has 1 amide bonds. The minimum absolute atomic E-state index is 0.134. The van der Waals surface area contributed by atoms with Crippen LogP contribution in [-0.2, 0) is 13.1 Å². The van der Waals surface area contributed by atoms with E-state index in [9.17, 15) is 9.70 Å². The molecule has 0 fully saturated rings. The van der Waals surface area contributed by atoms with E-state index >= 15 is 0 Å².